The Morgan fingerprint density at radius 1 is 1.37 bits per heavy atom. The van der Waals surface area contributed by atoms with Gasteiger partial charge in [-0.1, -0.05) is 18.2 Å². The fraction of sp³-hybridized carbons (Fsp3) is 0.333. The van der Waals surface area contributed by atoms with Gasteiger partial charge in [0.25, 0.3) is 6.01 Å². The number of oxazole rings is 1. The summed E-state index contributed by atoms with van der Waals surface area (Å²) in [4.78, 5) is 8.90. The van der Waals surface area contributed by atoms with Gasteiger partial charge in [0, 0.05) is 6.04 Å². The van der Waals surface area contributed by atoms with Gasteiger partial charge in [0.15, 0.2) is 5.58 Å². The molecule has 0 saturated carbocycles. The first kappa shape index (κ1) is 13.3. The minimum Gasteiger partial charge on any atom is -0.423 e. The number of allylic oxidation sites excluding steroid dienone is 2. The van der Waals surface area contributed by atoms with E-state index in [2.05, 4.69) is 29.1 Å². The molecular weight excluding hydrogens is 238 g/mol. The molecule has 0 aliphatic carbocycles. The number of nitrogens with one attached hydrogen (secondary N) is 1. The molecule has 19 heavy (non-hydrogen) atoms. The third-order valence-corrected chi connectivity index (χ3v) is 2.67. The second kappa shape index (κ2) is 5.69. The van der Waals surface area contributed by atoms with E-state index in [9.17, 15) is 0 Å². The molecule has 0 radical (unpaired) electrons. The van der Waals surface area contributed by atoms with Crippen LogP contribution in [-0.2, 0) is 0 Å². The fourth-order valence-electron chi connectivity index (χ4n) is 1.87. The standard InChI is InChI=1S/C15H19N3O/c1-5-12(11(4)16-10(2)3)17-15-18-13-8-6-7-9-14(13)19-15/h5-10H,1-4H3,(H,17,18)/b12-5+,16-11?. The van der Waals surface area contributed by atoms with Crippen LogP contribution in [-0.4, -0.2) is 16.7 Å². The van der Waals surface area contributed by atoms with E-state index in [0.29, 0.717) is 6.01 Å². The molecule has 0 aliphatic heterocycles. The Morgan fingerprint density at radius 3 is 2.74 bits per heavy atom. The molecule has 1 N–H and O–H groups in total. The zero-order valence-corrected chi connectivity index (χ0v) is 11.8. The van der Waals surface area contributed by atoms with Gasteiger partial charge < -0.3 is 9.73 Å². The molecule has 0 atom stereocenters. The molecule has 100 valence electrons. The summed E-state index contributed by atoms with van der Waals surface area (Å²) in [6, 6.07) is 8.45. The molecule has 2 aromatic rings. The lowest BCUT2D eigenvalue weighted by molar-refractivity contribution is 0.621. The van der Waals surface area contributed by atoms with Gasteiger partial charge in [0.1, 0.15) is 5.52 Å². The van der Waals surface area contributed by atoms with Crippen molar-refractivity contribution in [3.63, 3.8) is 0 Å². The van der Waals surface area contributed by atoms with E-state index in [4.69, 9.17) is 4.42 Å². The number of rotatable bonds is 4. The largest absolute Gasteiger partial charge is 0.423 e. The molecule has 2 rings (SSSR count). The molecule has 0 amide bonds. The summed E-state index contributed by atoms with van der Waals surface area (Å²) in [5, 5.41) is 3.18. The minimum atomic E-state index is 0.264. The molecule has 1 aromatic heterocycles. The lowest BCUT2D eigenvalue weighted by Crippen LogP contribution is -2.10. The van der Waals surface area contributed by atoms with Crippen molar-refractivity contribution in [3.05, 3.63) is 36.0 Å². The number of fused-ring (bicyclic) bond motifs is 1. The van der Waals surface area contributed by atoms with Crippen LogP contribution in [0.5, 0.6) is 0 Å². The van der Waals surface area contributed by atoms with Crippen molar-refractivity contribution >= 4 is 22.8 Å². The highest BCUT2D eigenvalue weighted by atomic mass is 16.4. The second-order valence-electron chi connectivity index (χ2n) is 4.62. The first-order valence-corrected chi connectivity index (χ1v) is 6.44. The van der Waals surface area contributed by atoms with E-state index in [1.165, 1.54) is 0 Å². The van der Waals surface area contributed by atoms with Crippen molar-refractivity contribution in [2.24, 2.45) is 4.99 Å². The highest BCUT2D eigenvalue weighted by Crippen LogP contribution is 2.19. The van der Waals surface area contributed by atoms with Gasteiger partial charge in [0.05, 0.1) is 11.4 Å². The van der Waals surface area contributed by atoms with Gasteiger partial charge in [-0.3, -0.25) is 4.99 Å². The molecule has 0 unspecified atom stereocenters. The number of benzene rings is 1. The Morgan fingerprint density at radius 2 is 2.11 bits per heavy atom. The van der Waals surface area contributed by atoms with E-state index >= 15 is 0 Å². The predicted octanol–water partition coefficient (Wildman–Crippen LogP) is 4.01. The quantitative estimate of drug-likeness (QED) is 0.842. The van der Waals surface area contributed by atoms with Crippen molar-refractivity contribution in [2.45, 2.75) is 33.7 Å². The lowest BCUT2D eigenvalue weighted by Gasteiger charge is -2.08. The van der Waals surface area contributed by atoms with Crippen LogP contribution in [0.1, 0.15) is 27.7 Å². The molecule has 0 bridgehead atoms. The molecule has 0 aliphatic rings. The Kier molecular flexibility index (Phi) is 4.00. The molecule has 1 aromatic carbocycles. The van der Waals surface area contributed by atoms with Gasteiger partial charge in [-0.05, 0) is 39.8 Å². The SMILES string of the molecule is C/C=C(/Nc1nc2ccccc2o1)C(C)=NC(C)C. The van der Waals surface area contributed by atoms with Crippen LogP contribution < -0.4 is 5.32 Å². The highest BCUT2D eigenvalue weighted by Gasteiger charge is 2.08. The average Bonchev–Trinajstić information content (AvgIpc) is 2.77. The third-order valence-electron chi connectivity index (χ3n) is 2.67. The number of hydrogen-bond donors (Lipinski definition) is 1. The van der Waals surface area contributed by atoms with Crippen LogP contribution in [0, 0.1) is 0 Å². The van der Waals surface area contributed by atoms with Gasteiger partial charge in [-0.15, -0.1) is 0 Å². The Hall–Kier alpha value is -2.10. The van der Waals surface area contributed by atoms with Crippen molar-refractivity contribution in [3.8, 4) is 0 Å². The van der Waals surface area contributed by atoms with Crippen LogP contribution in [0.4, 0.5) is 6.01 Å². The first-order valence-electron chi connectivity index (χ1n) is 6.44. The summed E-state index contributed by atoms with van der Waals surface area (Å²) in [5.41, 5.74) is 3.48. The van der Waals surface area contributed by atoms with E-state index in [1.54, 1.807) is 0 Å². The van der Waals surface area contributed by atoms with E-state index in [-0.39, 0.29) is 6.04 Å². The van der Waals surface area contributed by atoms with Gasteiger partial charge in [-0.25, -0.2) is 0 Å². The number of hydrogen-bond acceptors (Lipinski definition) is 4. The maximum absolute atomic E-state index is 5.64. The zero-order valence-electron chi connectivity index (χ0n) is 11.8. The van der Waals surface area contributed by atoms with E-state index < -0.39 is 0 Å². The topological polar surface area (TPSA) is 50.4 Å². The van der Waals surface area contributed by atoms with E-state index in [1.807, 2.05) is 44.2 Å². The molecule has 1 heterocycles. The maximum Gasteiger partial charge on any atom is 0.300 e. The van der Waals surface area contributed by atoms with Gasteiger partial charge in [0.2, 0.25) is 0 Å². The predicted molar refractivity (Wildman–Crippen MR) is 79.6 cm³/mol. The third kappa shape index (κ3) is 3.22. The molecule has 0 spiro atoms. The Bertz CT molecular complexity index is 590. The molecule has 0 saturated heterocycles. The maximum atomic E-state index is 5.64. The first-order chi connectivity index (χ1) is 9.10. The van der Waals surface area contributed by atoms with E-state index in [0.717, 1.165) is 22.5 Å². The summed E-state index contributed by atoms with van der Waals surface area (Å²) in [5.74, 6) is 0. The van der Waals surface area contributed by atoms with Crippen LogP contribution in [0.2, 0.25) is 0 Å². The molecule has 4 nitrogen and oxygen atoms in total. The Labute approximate surface area is 113 Å². The van der Waals surface area contributed by atoms with Crippen LogP contribution in [0.3, 0.4) is 0 Å². The normalized spacial score (nSPS) is 13.3. The zero-order chi connectivity index (χ0) is 13.8. The monoisotopic (exact) mass is 257 g/mol. The van der Waals surface area contributed by atoms with Gasteiger partial charge in [-0.2, -0.15) is 4.98 Å². The van der Waals surface area contributed by atoms with Crippen molar-refractivity contribution in [2.75, 3.05) is 5.32 Å². The van der Waals surface area contributed by atoms with Crippen LogP contribution in [0.25, 0.3) is 11.1 Å². The number of anilines is 1. The summed E-state index contributed by atoms with van der Waals surface area (Å²) < 4.78 is 5.64. The fourth-order valence-corrected chi connectivity index (χ4v) is 1.87. The van der Waals surface area contributed by atoms with Crippen LogP contribution in [0.15, 0.2) is 45.4 Å². The van der Waals surface area contributed by atoms with Crippen molar-refractivity contribution in [1.82, 2.24) is 4.98 Å². The summed E-state index contributed by atoms with van der Waals surface area (Å²) in [6.07, 6.45) is 1.97. The highest BCUT2D eigenvalue weighted by molar-refractivity contribution is 6.00. The second-order valence-corrected chi connectivity index (χ2v) is 4.62. The summed E-state index contributed by atoms with van der Waals surface area (Å²) >= 11 is 0. The minimum absolute atomic E-state index is 0.264. The van der Waals surface area contributed by atoms with Crippen molar-refractivity contribution < 1.29 is 4.42 Å². The average molecular weight is 257 g/mol. The number of nitrogens with zero attached hydrogens (tertiary/aromatic N) is 2. The molecule has 4 heteroatoms. The number of aliphatic imine (C=N–C) groups is 1. The lowest BCUT2D eigenvalue weighted by atomic mass is 10.2. The van der Waals surface area contributed by atoms with Gasteiger partial charge >= 0.3 is 0 Å². The van der Waals surface area contributed by atoms with Crippen molar-refractivity contribution in [1.29, 1.82) is 0 Å². The number of para-hydroxylation sites is 2. The van der Waals surface area contributed by atoms with Crippen LogP contribution >= 0.6 is 0 Å². The smallest absolute Gasteiger partial charge is 0.300 e. The molecule has 0 fully saturated rings. The summed E-state index contributed by atoms with van der Waals surface area (Å²) in [6.45, 7) is 8.04. The summed E-state index contributed by atoms with van der Waals surface area (Å²) in [7, 11) is 0. The molecular formula is C15H19N3O. The number of aromatic nitrogens is 1. The Balaban J connectivity index is 2.23.